The number of hydrogen-bond donors (Lipinski definition) is 2. The van der Waals surface area contributed by atoms with Gasteiger partial charge in [0, 0.05) is 5.56 Å². The number of carboxylic acid groups (broad SMARTS) is 1. The smallest absolute Gasteiger partial charge is 0.320 e. The number of carboxylic acids is 1. The Hall–Kier alpha value is -2.20. The van der Waals surface area contributed by atoms with E-state index in [1.54, 1.807) is 24.3 Å². The van der Waals surface area contributed by atoms with Crippen LogP contribution in [0, 0.1) is 5.82 Å². The topological polar surface area (TPSA) is 63.3 Å². The van der Waals surface area contributed by atoms with Crippen LogP contribution in [0.25, 0.3) is 11.1 Å². The fourth-order valence-corrected chi connectivity index (χ4v) is 1.88. The largest absolute Gasteiger partial charge is 0.480 e. The van der Waals surface area contributed by atoms with Crippen molar-refractivity contribution < 1.29 is 14.3 Å². The second-order valence-electron chi connectivity index (χ2n) is 4.33. The molecule has 3 N–H and O–H groups in total. The molecular weight excluding hydrogens is 245 g/mol. The van der Waals surface area contributed by atoms with Gasteiger partial charge in [-0.1, -0.05) is 36.4 Å². The fourth-order valence-electron chi connectivity index (χ4n) is 1.88. The summed E-state index contributed by atoms with van der Waals surface area (Å²) in [4.78, 5) is 10.7. The van der Waals surface area contributed by atoms with Crippen LogP contribution in [0.1, 0.15) is 5.56 Å². The third-order valence-corrected chi connectivity index (χ3v) is 2.89. The molecule has 0 saturated heterocycles. The van der Waals surface area contributed by atoms with Crippen LogP contribution in [0.4, 0.5) is 4.39 Å². The van der Waals surface area contributed by atoms with Crippen LogP contribution in [0.2, 0.25) is 0 Å². The summed E-state index contributed by atoms with van der Waals surface area (Å²) in [5, 5.41) is 8.79. The highest BCUT2D eigenvalue weighted by Gasteiger charge is 2.13. The van der Waals surface area contributed by atoms with Crippen molar-refractivity contribution in [1.29, 1.82) is 0 Å². The average Bonchev–Trinajstić information content (AvgIpc) is 2.41. The first kappa shape index (κ1) is 13.2. The van der Waals surface area contributed by atoms with Gasteiger partial charge in [-0.2, -0.15) is 0 Å². The zero-order valence-electron chi connectivity index (χ0n) is 10.2. The van der Waals surface area contributed by atoms with Crippen LogP contribution in [-0.2, 0) is 11.2 Å². The maximum Gasteiger partial charge on any atom is 0.320 e. The van der Waals surface area contributed by atoms with Crippen LogP contribution >= 0.6 is 0 Å². The van der Waals surface area contributed by atoms with Gasteiger partial charge in [-0.05, 0) is 29.7 Å². The van der Waals surface area contributed by atoms with Crippen LogP contribution in [0.5, 0.6) is 0 Å². The van der Waals surface area contributed by atoms with E-state index >= 15 is 0 Å². The molecule has 0 heterocycles. The van der Waals surface area contributed by atoms with E-state index in [9.17, 15) is 9.18 Å². The molecule has 0 aliphatic carbocycles. The summed E-state index contributed by atoms with van der Waals surface area (Å²) >= 11 is 0. The number of hydrogen-bond acceptors (Lipinski definition) is 2. The first-order valence-corrected chi connectivity index (χ1v) is 5.90. The van der Waals surface area contributed by atoms with E-state index < -0.39 is 12.0 Å². The second kappa shape index (κ2) is 5.63. The highest BCUT2D eigenvalue weighted by Crippen LogP contribution is 2.24. The molecule has 0 radical (unpaired) electrons. The summed E-state index contributed by atoms with van der Waals surface area (Å²) in [6, 6.07) is 12.7. The molecule has 98 valence electrons. The van der Waals surface area contributed by atoms with Gasteiger partial charge in [0.05, 0.1) is 0 Å². The van der Waals surface area contributed by atoms with Crippen LogP contribution < -0.4 is 5.73 Å². The Morgan fingerprint density at radius 1 is 1.21 bits per heavy atom. The maximum absolute atomic E-state index is 13.8. The van der Waals surface area contributed by atoms with E-state index in [-0.39, 0.29) is 12.2 Å². The average molecular weight is 259 g/mol. The highest BCUT2D eigenvalue weighted by molar-refractivity contribution is 5.73. The minimum Gasteiger partial charge on any atom is -0.480 e. The van der Waals surface area contributed by atoms with Gasteiger partial charge >= 0.3 is 5.97 Å². The molecule has 2 aromatic carbocycles. The van der Waals surface area contributed by atoms with Crippen LogP contribution in [0.15, 0.2) is 48.5 Å². The third-order valence-electron chi connectivity index (χ3n) is 2.89. The Bertz CT molecular complexity index is 584. The van der Waals surface area contributed by atoms with Crippen molar-refractivity contribution in [2.75, 3.05) is 0 Å². The molecule has 0 saturated carbocycles. The van der Waals surface area contributed by atoms with Crippen molar-refractivity contribution in [3.05, 3.63) is 59.9 Å². The van der Waals surface area contributed by atoms with E-state index in [1.807, 2.05) is 18.2 Å². The second-order valence-corrected chi connectivity index (χ2v) is 4.33. The molecule has 0 fully saturated rings. The number of aliphatic carboxylic acids is 1. The minimum absolute atomic E-state index is 0.176. The summed E-state index contributed by atoms with van der Waals surface area (Å²) in [5.41, 5.74) is 7.40. The number of halogens is 1. The van der Waals surface area contributed by atoms with Gasteiger partial charge in [-0.3, -0.25) is 4.79 Å². The SMILES string of the molecule is NC(Cc1ccc(F)c(-c2ccccc2)c1)C(=O)O. The number of carbonyl (C=O) groups is 1. The van der Waals surface area contributed by atoms with Crippen LogP contribution in [0.3, 0.4) is 0 Å². The lowest BCUT2D eigenvalue weighted by molar-refractivity contribution is -0.138. The highest BCUT2D eigenvalue weighted by atomic mass is 19.1. The summed E-state index contributed by atoms with van der Waals surface area (Å²) in [7, 11) is 0. The predicted molar refractivity (Wildman–Crippen MR) is 71.2 cm³/mol. The molecule has 0 aliphatic heterocycles. The summed E-state index contributed by atoms with van der Waals surface area (Å²) in [5.74, 6) is -1.40. The van der Waals surface area contributed by atoms with Crippen molar-refractivity contribution in [3.8, 4) is 11.1 Å². The lowest BCUT2D eigenvalue weighted by Gasteiger charge is -2.09. The van der Waals surface area contributed by atoms with E-state index in [0.717, 1.165) is 5.56 Å². The van der Waals surface area contributed by atoms with E-state index in [1.165, 1.54) is 6.07 Å². The Balaban J connectivity index is 2.33. The fraction of sp³-hybridized carbons (Fsp3) is 0.133. The summed E-state index contributed by atoms with van der Waals surface area (Å²) in [6.07, 6.45) is 0.176. The van der Waals surface area contributed by atoms with Crippen LogP contribution in [-0.4, -0.2) is 17.1 Å². The minimum atomic E-state index is -1.06. The molecule has 3 nitrogen and oxygen atoms in total. The van der Waals surface area contributed by atoms with Gasteiger partial charge in [0.1, 0.15) is 11.9 Å². The van der Waals surface area contributed by atoms with Crippen molar-refractivity contribution >= 4 is 5.97 Å². The van der Waals surface area contributed by atoms with Gasteiger partial charge in [-0.15, -0.1) is 0 Å². The Labute approximate surface area is 110 Å². The zero-order valence-corrected chi connectivity index (χ0v) is 10.2. The molecule has 1 atom stereocenters. The van der Waals surface area contributed by atoms with E-state index in [4.69, 9.17) is 10.8 Å². The predicted octanol–water partition coefficient (Wildman–Crippen LogP) is 2.45. The molecule has 0 spiro atoms. The lowest BCUT2D eigenvalue weighted by Crippen LogP contribution is -2.32. The van der Waals surface area contributed by atoms with Gasteiger partial charge in [0.25, 0.3) is 0 Å². The molecule has 0 amide bonds. The van der Waals surface area contributed by atoms with Gasteiger partial charge in [0.2, 0.25) is 0 Å². The zero-order chi connectivity index (χ0) is 13.8. The van der Waals surface area contributed by atoms with Crippen molar-refractivity contribution in [1.82, 2.24) is 0 Å². The van der Waals surface area contributed by atoms with Gasteiger partial charge in [0.15, 0.2) is 0 Å². The first-order chi connectivity index (χ1) is 9.08. The van der Waals surface area contributed by atoms with Gasteiger partial charge < -0.3 is 10.8 Å². The molecule has 0 aromatic heterocycles. The number of nitrogens with two attached hydrogens (primary N) is 1. The standard InChI is InChI=1S/C15H14FNO2/c16-13-7-6-10(9-14(17)15(18)19)8-12(13)11-4-2-1-3-5-11/h1-8,14H,9,17H2,(H,18,19). The molecular formula is C15H14FNO2. The molecule has 0 bridgehead atoms. The van der Waals surface area contributed by atoms with Crippen molar-refractivity contribution in [2.45, 2.75) is 12.5 Å². The van der Waals surface area contributed by atoms with Crippen molar-refractivity contribution in [2.24, 2.45) is 5.73 Å². The maximum atomic E-state index is 13.8. The number of rotatable bonds is 4. The Morgan fingerprint density at radius 3 is 2.53 bits per heavy atom. The molecule has 0 aliphatic rings. The molecule has 4 heteroatoms. The quantitative estimate of drug-likeness (QED) is 0.886. The molecule has 1 unspecified atom stereocenters. The molecule has 2 rings (SSSR count). The Morgan fingerprint density at radius 2 is 1.89 bits per heavy atom. The lowest BCUT2D eigenvalue weighted by atomic mass is 9.99. The normalized spacial score (nSPS) is 12.1. The van der Waals surface area contributed by atoms with E-state index in [0.29, 0.717) is 11.1 Å². The molecule has 2 aromatic rings. The Kier molecular flexibility index (Phi) is 3.92. The summed E-state index contributed by atoms with van der Waals surface area (Å²) in [6.45, 7) is 0. The number of benzene rings is 2. The molecule has 19 heavy (non-hydrogen) atoms. The van der Waals surface area contributed by atoms with Crippen molar-refractivity contribution in [3.63, 3.8) is 0 Å². The monoisotopic (exact) mass is 259 g/mol. The first-order valence-electron chi connectivity index (χ1n) is 5.90. The van der Waals surface area contributed by atoms with E-state index in [2.05, 4.69) is 0 Å². The summed E-state index contributed by atoms with van der Waals surface area (Å²) < 4.78 is 13.8. The van der Waals surface area contributed by atoms with Gasteiger partial charge in [-0.25, -0.2) is 4.39 Å². The third kappa shape index (κ3) is 3.17.